The Kier molecular flexibility index (Phi) is 2.96. The monoisotopic (exact) mass is 114 g/mol. The summed E-state index contributed by atoms with van der Waals surface area (Å²) in [5.41, 5.74) is 0. The molecular weight excluding hydrogens is 104 g/mol. The minimum atomic E-state index is -0.903. The van der Waals surface area contributed by atoms with E-state index in [9.17, 15) is 0 Å². The number of rotatable bonds is 2. The maximum Gasteiger partial charge on any atom is 0.128 e. The van der Waals surface area contributed by atoms with Gasteiger partial charge in [0.15, 0.2) is 0 Å². The average molecular weight is 114 g/mol. The first kappa shape index (κ1) is 7.24. The smallest absolute Gasteiger partial charge is 0.128 e. The van der Waals surface area contributed by atoms with Gasteiger partial charge in [0.05, 0.1) is 0 Å². The largest absolute Gasteiger partial charge is 0.510 e. The van der Waals surface area contributed by atoms with Gasteiger partial charge in [-0.3, -0.25) is 0 Å². The molecule has 2 N–H and O–H groups in total. The lowest BCUT2D eigenvalue weighted by Crippen LogP contribution is -2.03. The molecule has 8 heavy (non-hydrogen) atoms. The first-order valence-electron chi connectivity index (χ1n) is 2.37. The van der Waals surface area contributed by atoms with Crippen LogP contribution in [-0.4, -0.2) is 16.3 Å². The molecule has 1 unspecified atom stereocenters. The molecule has 0 aromatic rings. The van der Waals surface area contributed by atoms with Crippen molar-refractivity contribution in [2.45, 2.75) is 13.0 Å². The number of hydrogen-bond donors (Lipinski definition) is 2. The molecular formula is C6H10O2. The quantitative estimate of drug-likeness (QED) is 0.415. The SMILES string of the molecule is C=C(O)C(O)/C=C\C. The predicted octanol–water partition coefficient (Wildman–Crippen LogP) is 0.995. The summed E-state index contributed by atoms with van der Waals surface area (Å²) < 4.78 is 0. The van der Waals surface area contributed by atoms with E-state index in [1.165, 1.54) is 6.08 Å². The lowest BCUT2D eigenvalue weighted by molar-refractivity contribution is 0.194. The molecule has 0 bridgehead atoms. The highest BCUT2D eigenvalue weighted by Crippen LogP contribution is 1.94. The maximum atomic E-state index is 8.69. The Hall–Kier alpha value is -0.760. The molecule has 0 aliphatic carbocycles. The topological polar surface area (TPSA) is 40.5 Å². The van der Waals surface area contributed by atoms with Crippen molar-refractivity contribution >= 4 is 0 Å². The van der Waals surface area contributed by atoms with E-state index in [0.29, 0.717) is 0 Å². The molecule has 0 aliphatic rings. The van der Waals surface area contributed by atoms with E-state index < -0.39 is 6.10 Å². The Morgan fingerprint density at radius 3 is 2.38 bits per heavy atom. The van der Waals surface area contributed by atoms with Crippen LogP contribution in [0.3, 0.4) is 0 Å². The van der Waals surface area contributed by atoms with E-state index >= 15 is 0 Å². The summed E-state index contributed by atoms with van der Waals surface area (Å²) in [4.78, 5) is 0. The molecule has 0 amide bonds. The van der Waals surface area contributed by atoms with Crippen LogP contribution in [0.15, 0.2) is 24.5 Å². The van der Waals surface area contributed by atoms with Crippen molar-refractivity contribution in [2.75, 3.05) is 0 Å². The van der Waals surface area contributed by atoms with Gasteiger partial charge in [-0.05, 0) is 6.92 Å². The van der Waals surface area contributed by atoms with Crippen molar-refractivity contribution in [3.63, 3.8) is 0 Å². The predicted molar refractivity (Wildman–Crippen MR) is 32.6 cm³/mol. The second kappa shape index (κ2) is 3.27. The average Bonchev–Trinajstić information content (AvgIpc) is 1.67. The minimum absolute atomic E-state index is 0.219. The second-order valence-corrected chi connectivity index (χ2v) is 1.46. The Morgan fingerprint density at radius 1 is 1.75 bits per heavy atom. The molecule has 0 fully saturated rings. The molecule has 0 saturated heterocycles. The van der Waals surface area contributed by atoms with Crippen LogP contribution in [0.5, 0.6) is 0 Å². The van der Waals surface area contributed by atoms with Gasteiger partial charge in [0, 0.05) is 0 Å². The van der Waals surface area contributed by atoms with Gasteiger partial charge in [0.2, 0.25) is 0 Å². The summed E-state index contributed by atoms with van der Waals surface area (Å²) in [5.74, 6) is -0.219. The van der Waals surface area contributed by atoms with E-state index in [0.717, 1.165) is 0 Å². The third-order valence-corrected chi connectivity index (χ3v) is 0.716. The first-order chi connectivity index (χ1) is 3.68. The van der Waals surface area contributed by atoms with Crippen molar-refractivity contribution in [3.05, 3.63) is 24.5 Å². The van der Waals surface area contributed by atoms with Crippen LogP contribution in [0.4, 0.5) is 0 Å². The fraction of sp³-hybridized carbons (Fsp3) is 0.333. The molecule has 1 atom stereocenters. The molecule has 0 heterocycles. The van der Waals surface area contributed by atoms with E-state index in [1.807, 2.05) is 0 Å². The van der Waals surface area contributed by atoms with Gasteiger partial charge in [-0.25, -0.2) is 0 Å². The van der Waals surface area contributed by atoms with Crippen LogP contribution >= 0.6 is 0 Å². The van der Waals surface area contributed by atoms with Gasteiger partial charge in [0.25, 0.3) is 0 Å². The van der Waals surface area contributed by atoms with Gasteiger partial charge >= 0.3 is 0 Å². The highest BCUT2D eigenvalue weighted by Gasteiger charge is 1.97. The second-order valence-electron chi connectivity index (χ2n) is 1.46. The Balaban J connectivity index is 3.64. The summed E-state index contributed by atoms with van der Waals surface area (Å²) in [5, 5.41) is 17.1. The molecule has 0 spiro atoms. The maximum absolute atomic E-state index is 8.69. The van der Waals surface area contributed by atoms with Crippen LogP contribution in [0.2, 0.25) is 0 Å². The van der Waals surface area contributed by atoms with Gasteiger partial charge in [-0.2, -0.15) is 0 Å². The third-order valence-electron chi connectivity index (χ3n) is 0.716. The van der Waals surface area contributed by atoms with Crippen LogP contribution < -0.4 is 0 Å². The van der Waals surface area contributed by atoms with Crippen LogP contribution in [0.25, 0.3) is 0 Å². The van der Waals surface area contributed by atoms with Gasteiger partial charge in [0.1, 0.15) is 11.9 Å². The number of hydrogen-bond acceptors (Lipinski definition) is 2. The summed E-state index contributed by atoms with van der Waals surface area (Å²) >= 11 is 0. The lowest BCUT2D eigenvalue weighted by atomic mass is 10.3. The summed E-state index contributed by atoms with van der Waals surface area (Å²) in [6.45, 7) is 4.88. The van der Waals surface area contributed by atoms with Crippen molar-refractivity contribution in [1.82, 2.24) is 0 Å². The lowest BCUT2D eigenvalue weighted by Gasteiger charge is -1.99. The number of aliphatic hydroxyl groups excluding tert-OH is 2. The summed E-state index contributed by atoms with van der Waals surface area (Å²) in [6, 6.07) is 0. The Bertz CT molecular complexity index is 105. The van der Waals surface area contributed by atoms with Crippen LogP contribution in [0, 0.1) is 0 Å². The zero-order valence-corrected chi connectivity index (χ0v) is 4.83. The highest BCUT2D eigenvalue weighted by atomic mass is 16.3. The molecule has 0 aromatic heterocycles. The summed E-state index contributed by atoms with van der Waals surface area (Å²) in [7, 11) is 0. The fourth-order valence-electron chi connectivity index (χ4n) is 0.293. The Labute approximate surface area is 48.8 Å². The zero-order chi connectivity index (χ0) is 6.57. The van der Waals surface area contributed by atoms with E-state index in [4.69, 9.17) is 10.2 Å². The van der Waals surface area contributed by atoms with Crippen molar-refractivity contribution in [1.29, 1.82) is 0 Å². The van der Waals surface area contributed by atoms with E-state index in [-0.39, 0.29) is 5.76 Å². The van der Waals surface area contributed by atoms with Gasteiger partial charge < -0.3 is 10.2 Å². The molecule has 0 rings (SSSR count). The third kappa shape index (κ3) is 2.42. The Morgan fingerprint density at radius 2 is 2.25 bits per heavy atom. The van der Waals surface area contributed by atoms with Gasteiger partial charge in [-0.1, -0.05) is 18.7 Å². The van der Waals surface area contributed by atoms with Crippen LogP contribution in [0.1, 0.15) is 6.92 Å². The fourth-order valence-corrected chi connectivity index (χ4v) is 0.293. The molecule has 2 nitrogen and oxygen atoms in total. The summed E-state index contributed by atoms with van der Waals surface area (Å²) in [6.07, 6.45) is 2.19. The normalized spacial score (nSPS) is 14.2. The molecule has 0 aliphatic heterocycles. The molecule has 2 heteroatoms. The molecule has 0 radical (unpaired) electrons. The number of aliphatic hydroxyl groups is 2. The van der Waals surface area contributed by atoms with E-state index in [1.54, 1.807) is 13.0 Å². The van der Waals surface area contributed by atoms with Crippen molar-refractivity contribution in [2.24, 2.45) is 0 Å². The minimum Gasteiger partial charge on any atom is -0.510 e. The van der Waals surface area contributed by atoms with Gasteiger partial charge in [-0.15, -0.1) is 0 Å². The first-order valence-corrected chi connectivity index (χ1v) is 2.37. The standard InChI is InChI=1S/C6H10O2/c1-3-4-6(8)5(2)7/h3-4,6-8H,2H2,1H3/b4-3-. The zero-order valence-electron chi connectivity index (χ0n) is 4.83. The van der Waals surface area contributed by atoms with Crippen molar-refractivity contribution < 1.29 is 10.2 Å². The molecule has 0 aromatic carbocycles. The van der Waals surface area contributed by atoms with Crippen LogP contribution in [-0.2, 0) is 0 Å². The molecule has 0 saturated carbocycles. The highest BCUT2D eigenvalue weighted by molar-refractivity contribution is 5.01. The van der Waals surface area contributed by atoms with E-state index in [2.05, 4.69) is 6.58 Å². The molecule has 46 valence electrons. The number of allylic oxidation sites excluding steroid dienone is 1. The van der Waals surface area contributed by atoms with Crippen molar-refractivity contribution in [3.8, 4) is 0 Å².